The molecule has 1 amide bonds. The van der Waals surface area contributed by atoms with Gasteiger partial charge in [-0.1, -0.05) is 0 Å². The summed E-state index contributed by atoms with van der Waals surface area (Å²) < 4.78 is 75.7. The third-order valence-corrected chi connectivity index (χ3v) is 8.00. The smallest absolute Gasteiger partial charge is 0.381 e. The van der Waals surface area contributed by atoms with Gasteiger partial charge in [-0.05, 0) is 75.8 Å². The summed E-state index contributed by atoms with van der Waals surface area (Å²) in [5.41, 5.74) is -0.501. The zero-order chi connectivity index (χ0) is 25.0. The number of hydrogen-bond acceptors (Lipinski definition) is 3. The zero-order valence-corrected chi connectivity index (χ0v) is 19.7. The Morgan fingerprint density at radius 1 is 1.11 bits per heavy atom. The number of ether oxygens (including phenoxy) is 1. The molecule has 1 saturated heterocycles. The zero-order valence-electron chi connectivity index (χ0n) is 19.7. The molecule has 2 aromatic heterocycles. The highest BCUT2D eigenvalue weighted by Gasteiger charge is 2.50. The van der Waals surface area contributed by atoms with Gasteiger partial charge in [-0.15, -0.1) is 0 Å². The molecule has 10 heteroatoms. The largest absolute Gasteiger partial charge is 0.435 e. The van der Waals surface area contributed by atoms with Crippen LogP contribution in [0.2, 0.25) is 0 Å². The number of aromatic nitrogens is 2. The van der Waals surface area contributed by atoms with E-state index in [-0.39, 0.29) is 66.4 Å². The number of aryl methyl sites for hydroxylation is 1. The average molecular weight is 500 g/mol. The lowest BCUT2D eigenvalue weighted by atomic mass is 9.83. The van der Waals surface area contributed by atoms with Crippen LogP contribution in [0.1, 0.15) is 78.8 Å². The summed E-state index contributed by atoms with van der Waals surface area (Å²) in [7, 11) is 0. The van der Waals surface area contributed by atoms with Crippen molar-refractivity contribution in [2.24, 2.45) is 11.8 Å². The lowest BCUT2D eigenvalue weighted by molar-refractivity contribution is -0.141. The topological polar surface area (TPSA) is 55.6 Å². The van der Waals surface area contributed by atoms with Gasteiger partial charge in [0.2, 0.25) is 5.92 Å². The van der Waals surface area contributed by atoms with Gasteiger partial charge in [-0.25, -0.2) is 13.8 Å². The number of fused-ring (bicyclic) bond motifs is 1. The third kappa shape index (κ3) is 4.90. The molecular weight excluding hydrogens is 469 g/mol. The maximum Gasteiger partial charge on any atom is 0.435 e. The molecule has 1 N–H and O–H groups in total. The van der Waals surface area contributed by atoms with Crippen molar-refractivity contribution in [1.29, 1.82) is 0 Å². The quantitative estimate of drug-likeness (QED) is 0.536. The van der Waals surface area contributed by atoms with Crippen LogP contribution in [0.3, 0.4) is 0 Å². The highest BCUT2D eigenvalue weighted by molar-refractivity contribution is 5.96. The number of nitrogens with zero attached hydrogens (tertiary/aromatic N) is 2. The van der Waals surface area contributed by atoms with Crippen molar-refractivity contribution in [2.75, 3.05) is 13.2 Å². The van der Waals surface area contributed by atoms with E-state index in [2.05, 4.69) is 10.3 Å². The van der Waals surface area contributed by atoms with Gasteiger partial charge in [0.25, 0.3) is 5.91 Å². The third-order valence-electron chi connectivity index (χ3n) is 8.00. The number of halogens is 5. The van der Waals surface area contributed by atoms with Gasteiger partial charge in [-0.2, -0.15) is 13.2 Å². The number of pyridine rings is 1. The van der Waals surface area contributed by atoms with E-state index in [9.17, 15) is 26.7 Å². The molecule has 0 unspecified atom stereocenters. The molecule has 35 heavy (non-hydrogen) atoms. The molecule has 3 fully saturated rings. The Morgan fingerprint density at radius 2 is 1.77 bits per heavy atom. The molecule has 0 bridgehead atoms. The van der Waals surface area contributed by atoms with E-state index in [4.69, 9.17) is 4.74 Å². The van der Waals surface area contributed by atoms with Crippen LogP contribution in [-0.2, 0) is 17.3 Å². The van der Waals surface area contributed by atoms with Gasteiger partial charge in [0.05, 0.1) is 5.69 Å². The standard InChI is InChI=1S/C25H30F5N3O2/c1-15-12-17(22(34)32-23(8-9-23)18-4-10-35-11-5-18)14-20-31-21(25(28,29)30)19(33(15)20)13-16-2-6-24(26,27)7-3-16/h12,14,16,18H,2-11,13H2,1H3,(H,32,34). The molecule has 2 aromatic rings. The molecule has 0 spiro atoms. The summed E-state index contributed by atoms with van der Waals surface area (Å²) in [5, 5.41) is 3.15. The minimum absolute atomic E-state index is 0.0192. The first kappa shape index (κ1) is 24.5. The Bertz CT molecular complexity index is 1110. The van der Waals surface area contributed by atoms with Crippen LogP contribution in [0.15, 0.2) is 12.1 Å². The minimum atomic E-state index is -4.68. The van der Waals surface area contributed by atoms with Gasteiger partial charge < -0.3 is 14.5 Å². The maximum atomic E-state index is 13.9. The van der Waals surface area contributed by atoms with E-state index in [0.717, 1.165) is 25.7 Å². The fourth-order valence-corrected chi connectivity index (χ4v) is 5.88. The van der Waals surface area contributed by atoms with Crippen LogP contribution < -0.4 is 5.32 Å². The van der Waals surface area contributed by atoms with Crippen molar-refractivity contribution in [3.05, 3.63) is 34.8 Å². The Kier molecular flexibility index (Phi) is 6.09. The number of imidazole rings is 1. The summed E-state index contributed by atoms with van der Waals surface area (Å²) in [6.45, 7) is 2.99. The molecule has 192 valence electrons. The van der Waals surface area contributed by atoms with E-state index in [0.29, 0.717) is 24.8 Å². The monoisotopic (exact) mass is 499 g/mol. The van der Waals surface area contributed by atoms with Gasteiger partial charge in [0.15, 0.2) is 5.69 Å². The molecule has 5 nitrogen and oxygen atoms in total. The second-order valence-corrected chi connectivity index (χ2v) is 10.5. The molecule has 5 rings (SSSR count). The van der Waals surface area contributed by atoms with Crippen LogP contribution >= 0.6 is 0 Å². The number of amides is 1. The van der Waals surface area contributed by atoms with Crippen LogP contribution in [-0.4, -0.2) is 40.0 Å². The molecule has 3 aliphatic rings. The fraction of sp³-hybridized carbons (Fsp3) is 0.680. The first-order valence-electron chi connectivity index (χ1n) is 12.3. The second kappa shape index (κ2) is 8.71. The molecule has 2 saturated carbocycles. The van der Waals surface area contributed by atoms with Crippen molar-refractivity contribution in [2.45, 2.75) is 82.3 Å². The number of nitrogens with one attached hydrogen (secondary N) is 1. The summed E-state index contributed by atoms with van der Waals surface area (Å²) in [5.74, 6) is -2.99. The maximum absolute atomic E-state index is 13.9. The lowest BCUT2D eigenvalue weighted by Gasteiger charge is -2.31. The minimum Gasteiger partial charge on any atom is -0.381 e. The van der Waals surface area contributed by atoms with Crippen molar-refractivity contribution in [3.63, 3.8) is 0 Å². The van der Waals surface area contributed by atoms with Crippen molar-refractivity contribution in [3.8, 4) is 0 Å². The van der Waals surface area contributed by atoms with E-state index in [1.807, 2.05) is 0 Å². The van der Waals surface area contributed by atoms with Gasteiger partial charge in [0.1, 0.15) is 5.65 Å². The van der Waals surface area contributed by atoms with Gasteiger partial charge in [-0.3, -0.25) is 4.79 Å². The Morgan fingerprint density at radius 3 is 2.37 bits per heavy atom. The molecule has 0 aromatic carbocycles. The van der Waals surface area contributed by atoms with Crippen molar-refractivity contribution in [1.82, 2.24) is 14.7 Å². The van der Waals surface area contributed by atoms with Crippen LogP contribution in [0.25, 0.3) is 5.65 Å². The molecule has 0 radical (unpaired) electrons. The molecule has 3 heterocycles. The van der Waals surface area contributed by atoms with E-state index in [1.165, 1.54) is 10.5 Å². The highest BCUT2D eigenvalue weighted by atomic mass is 19.4. The predicted molar refractivity (Wildman–Crippen MR) is 119 cm³/mol. The Hall–Kier alpha value is -2.23. The SMILES string of the molecule is Cc1cc(C(=O)NC2(C3CCOCC3)CC2)cc2nc(C(F)(F)F)c(CC3CCC(F)(F)CC3)n12. The first-order chi connectivity index (χ1) is 16.5. The van der Waals surface area contributed by atoms with Crippen LogP contribution in [0, 0.1) is 18.8 Å². The van der Waals surface area contributed by atoms with Crippen molar-refractivity contribution >= 4 is 11.6 Å². The fourth-order valence-electron chi connectivity index (χ4n) is 5.88. The number of carbonyl (C=O) groups excluding carboxylic acids is 1. The summed E-state index contributed by atoms with van der Waals surface area (Å²) in [6.07, 6.45) is -1.42. The molecular formula is C25H30F5N3O2. The van der Waals surface area contributed by atoms with Crippen LogP contribution in [0.4, 0.5) is 22.0 Å². The lowest BCUT2D eigenvalue weighted by Crippen LogP contribution is -2.44. The summed E-state index contributed by atoms with van der Waals surface area (Å²) >= 11 is 0. The first-order valence-corrected chi connectivity index (χ1v) is 12.3. The average Bonchev–Trinajstić information content (AvgIpc) is 3.48. The van der Waals surface area contributed by atoms with E-state index in [1.54, 1.807) is 13.0 Å². The Balaban J connectivity index is 1.43. The number of rotatable bonds is 5. The number of hydrogen-bond donors (Lipinski definition) is 1. The summed E-state index contributed by atoms with van der Waals surface area (Å²) in [6, 6.07) is 2.99. The molecule has 1 aliphatic heterocycles. The second-order valence-electron chi connectivity index (χ2n) is 10.5. The summed E-state index contributed by atoms with van der Waals surface area (Å²) in [4.78, 5) is 17.0. The van der Waals surface area contributed by atoms with Gasteiger partial charge in [0, 0.05) is 42.9 Å². The van der Waals surface area contributed by atoms with E-state index < -0.39 is 17.8 Å². The van der Waals surface area contributed by atoms with Crippen molar-refractivity contribution < 1.29 is 31.5 Å². The number of carbonyl (C=O) groups is 1. The predicted octanol–water partition coefficient (Wildman–Crippen LogP) is 5.72. The Labute approximate surface area is 200 Å². The van der Waals surface area contributed by atoms with Gasteiger partial charge >= 0.3 is 6.18 Å². The number of alkyl halides is 5. The van der Waals surface area contributed by atoms with Crippen LogP contribution in [0.5, 0.6) is 0 Å². The molecule has 2 aliphatic carbocycles. The molecule has 0 atom stereocenters. The highest BCUT2D eigenvalue weighted by Crippen LogP contribution is 2.46. The normalized spacial score (nSPS) is 22.9. The van der Waals surface area contributed by atoms with E-state index >= 15 is 0 Å².